The van der Waals surface area contributed by atoms with Crippen LogP contribution in [0.3, 0.4) is 0 Å². The van der Waals surface area contributed by atoms with Crippen molar-refractivity contribution in [3.8, 4) is 0 Å². The lowest BCUT2D eigenvalue weighted by molar-refractivity contribution is -0.0389. The zero-order chi connectivity index (χ0) is 24.9. The van der Waals surface area contributed by atoms with E-state index < -0.39 is 17.4 Å². The van der Waals surface area contributed by atoms with Crippen molar-refractivity contribution < 1.29 is 23.5 Å². The van der Waals surface area contributed by atoms with Gasteiger partial charge in [0, 0.05) is 67.9 Å². The molecule has 37 heavy (non-hydrogen) atoms. The van der Waals surface area contributed by atoms with Gasteiger partial charge in [-0.2, -0.15) is 0 Å². The predicted octanol–water partition coefficient (Wildman–Crippen LogP) is 5.97. The van der Waals surface area contributed by atoms with Crippen LogP contribution in [0.5, 0.6) is 0 Å². The molecule has 4 heterocycles. The summed E-state index contributed by atoms with van der Waals surface area (Å²) >= 11 is 6.32. The van der Waals surface area contributed by atoms with Gasteiger partial charge in [-0.15, -0.1) is 12.4 Å². The number of esters is 1. The molecule has 0 unspecified atom stereocenters. The number of rotatable bonds is 4. The molecule has 0 bridgehead atoms. The maximum atomic E-state index is 13.7. The normalized spacial score (nSPS) is 19.1. The van der Waals surface area contributed by atoms with Gasteiger partial charge in [0.15, 0.2) is 0 Å². The van der Waals surface area contributed by atoms with Crippen LogP contribution in [-0.2, 0) is 21.6 Å². The van der Waals surface area contributed by atoms with Gasteiger partial charge >= 0.3 is 5.97 Å². The number of hydrogen-bond donors (Lipinski definition) is 0. The molecule has 0 radical (unpaired) electrons. The van der Waals surface area contributed by atoms with Crippen LogP contribution < -0.4 is 0 Å². The monoisotopic (exact) mass is 546 g/mol. The number of carbonyl (C=O) groups excluding carboxylic acids is 2. The number of amides is 1. The summed E-state index contributed by atoms with van der Waals surface area (Å²) in [6, 6.07) is 9.91. The van der Waals surface area contributed by atoms with E-state index in [1.807, 2.05) is 29.3 Å². The maximum absolute atomic E-state index is 13.7. The molecule has 3 aromatic rings. The third-order valence-corrected chi connectivity index (χ3v) is 8.27. The van der Waals surface area contributed by atoms with Gasteiger partial charge in [-0.3, -0.25) is 4.79 Å². The van der Waals surface area contributed by atoms with Crippen LogP contribution in [0, 0.1) is 11.7 Å². The number of ether oxygens (including phenoxy) is 2. The summed E-state index contributed by atoms with van der Waals surface area (Å²) in [7, 11) is 0. The molecule has 6 nitrogen and oxygen atoms in total. The number of benzene rings is 2. The van der Waals surface area contributed by atoms with Crippen molar-refractivity contribution in [2.24, 2.45) is 5.92 Å². The summed E-state index contributed by atoms with van der Waals surface area (Å²) in [6.45, 7) is 3.35. The molecule has 2 fully saturated rings. The van der Waals surface area contributed by atoms with Crippen LogP contribution in [0.2, 0.25) is 5.02 Å². The first kappa shape index (κ1) is 26.0. The minimum absolute atomic E-state index is 0. The maximum Gasteiger partial charge on any atom is 0.339 e. The summed E-state index contributed by atoms with van der Waals surface area (Å²) in [5, 5.41) is 1.54. The Kier molecular flexibility index (Phi) is 7.22. The Morgan fingerprint density at radius 3 is 2.62 bits per heavy atom. The molecule has 0 atom stereocenters. The molecular formula is C28H29Cl2FN2O4. The zero-order valence-corrected chi connectivity index (χ0v) is 22.0. The number of carbonyl (C=O) groups is 2. The van der Waals surface area contributed by atoms with E-state index in [2.05, 4.69) is 4.57 Å². The number of aromatic nitrogens is 1. The van der Waals surface area contributed by atoms with Crippen molar-refractivity contribution in [3.63, 3.8) is 0 Å². The van der Waals surface area contributed by atoms with E-state index in [-0.39, 0.29) is 18.3 Å². The van der Waals surface area contributed by atoms with Gasteiger partial charge in [-0.1, -0.05) is 23.7 Å². The molecule has 0 N–H and O–H groups in total. The molecule has 9 heteroatoms. The van der Waals surface area contributed by atoms with Gasteiger partial charge in [0.25, 0.3) is 5.91 Å². The Hall–Kier alpha value is -2.61. The first-order chi connectivity index (χ1) is 17.4. The molecule has 0 aliphatic carbocycles. The van der Waals surface area contributed by atoms with Crippen LogP contribution in [0.25, 0.3) is 10.9 Å². The number of halogens is 3. The highest BCUT2D eigenvalue weighted by Crippen LogP contribution is 2.44. The number of hydrogen-bond acceptors (Lipinski definition) is 4. The van der Waals surface area contributed by atoms with E-state index in [0.717, 1.165) is 55.5 Å². The lowest BCUT2D eigenvalue weighted by Crippen LogP contribution is -2.45. The lowest BCUT2D eigenvalue weighted by atomic mass is 9.83. The van der Waals surface area contributed by atoms with Crippen molar-refractivity contribution in [2.45, 2.75) is 44.2 Å². The Morgan fingerprint density at radius 2 is 1.86 bits per heavy atom. The van der Waals surface area contributed by atoms with Gasteiger partial charge < -0.3 is 18.9 Å². The number of nitrogens with zero attached hydrogens (tertiary/aromatic N) is 2. The molecule has 3 aliphatic rings. The standard InChI is InChI=1S/C28H28ClFN2O4.ClH/c29-19-1-3-21-23(17-32(25(21)15-19)10-5-18-6-13-35-14-7-18)26(33)31-11-8-28(9-12-31)24-4-2-20(30)16-22(24)27(34)36-28;/h1-4,15-18H,5-14H2;1H. The fourth-order valence-electron chi connectivity index (χ4n) is 5.96. The molecule has 6 rings (SSSR count). The van der Waals surface area contributed by atoms with Gasteiger partial charge in [-0.05, 0) is 49.4 Å². The SMILES string of the molecule is Cl.O=C1OC2(CCN(C(=O)c3cn(CCC4CCOCC4)c4cc(Cl)ccc34)CC2)c2ccc(F)cc21. The highest BCUT2D eigenvalue weighted by molar-refractivity contribution is 6.31. The fraction of sp³-hybridized carbons (Fsp3) is 0.429. The lowest BCUT2D eigenvalue weighted by Gasteiger charge is -2.38. The molecule has 1 aromatic heterocycles. The Bertz CT molecular complexity index is 1340. The second-order valence-corrected chi connectivity index (χ2v) is 10.5. The third-order valence-electron chi connectivity index (χ3n) is 8.03. The average molecular weight is 547 g/mol. The van der Waals surface area contributed by atoms with Crippen LogP contribution in [0.1, 0.15) is 58.4 Å². The molecule has 3 aliphatic heterocycles. The highest BCUT2D eigenvalue weighted by atomic mass is 35.5. The summed E-state index contributed by atoms with van der Waals surface area (Å²) in [6.07, 6.45) is 6.10. The van der Waals surface area contributed by atoms with Crippen LogP contribution >= 0.6 is 24.0 Å². The first-order valence-electron chi connectivity index (χ1n) is 12.6. The Morgan fingerprint density at radius 1 is 1.11 bits per heavy atom. The number of likely N-dealkylation sites (tertiary alicyclic amines) is 1. The van der Waals surface area contributed by atoms with E-state index >= 15 is 0 Å². The molecular weight excluding hydrogens is 518 g/mol. The van der Waals surface area contributed by atoms with Crippen LogP contribution in [0.15, 0.2) is 42.6 Å². The fourth-order valence-corrected chi connectivity index (χ4v) is 6.13. The molecule has 0 saturated carbocycles. The minimum Gasteiger partial charge on any atom is -0.450 e. The van der Waals surface area contributed by atoms with Crippen LogP contribution in [-0.4, -0.2) is 47.6 Å². The van der Waals surface area contributed by atoms with Gasteiger partial charge in [-0.25, -0.2) is 9.18 Å². The topological polar surface area (TPSA) is 60.8 Å². The smallest absolute Gasteiger partial charge is 0.339 e. The molecule has 2 saturated heterocycles. The molecule has 1 spiro atoms. The second-order valence-electron chi connectivity index (χ2n) is 10.1. The van der Waals surface area contributed by atoms with Crippen molar-refractivity contribution in [2.75, 3.05) is 26.3 Å². The van der Waals surface area contributed by atoms with E-state index in [0.29, 0.717) is 48.0 Å². The van der Waals surface area contributed by atoms with Gasteiger partial charge in [0.1, 0.15) is 11.4 Å². The summed E-state index contributed by atoms with van der Waals surface area (Å²) in [5.41, 5.74) is 1.85. The highest BCUT2D eigenvalue weighted by Gasteiger charge is 2.48. The first-order valence-corrected chi connectivity index (χ1v) is 13.0. The number of fused-ring (bicyclic) bond motifs is 3. The summed E-state index contributed by atoms with van der Waals surface area (Å²) in [4.78, 5) is 27.9. The Balaban J connectivity index is 0.00000280. The van der Waals surface area contributed by atoms with E-state index in [1.54, 1.807) is 6.07 Å². The second kappa shape index (κ2) is 10.3. The summed E-state index contributed by atoms with van der Waals surface area (Å²) < 4.78 is 27.1. The molecule has 1 amide bonds. The van der Waals surface area contributed by atoms with Crippen LogP contribution in [0.4, 0.5) is 4.39 Å². The van der Waals surface area contributed by atoms with E-state index in [1.165, 1.54) is 12.1 Å². The van der Waals surface area contributed by atoms with E-state index in [4.69, 9.17) is 21.1 Å². The van der Waals surface area contributed by atoms with Crippen molar-refractivity contribution in [3.05, 3.63) is 70.1 Å². The van der Waals surface area contributed by atoms with E-state index in [9.17, 15) is 14.0 Å². The predicted molar refractivity (Wildman–Crippen MR) is 141 cm³/mol. The quantitative estimate of drug-likeness (QED) is 0.378. The minimum atomic E-state index is -0.790. The Labute approximate surface area is 226 Å². The van der Waals surface area contributed by atoms with Crippen molar-refractivity contribution in [1.82, 2.24) is 9.47 Å². The van der Waals surface area contributed by atoms with Crippen molar-refractivity contribution >= 4 is 46.8 Å². The molecule has 196 valence electrons. The van der Waals surface area contributed by atoms with Crippen molar-refractivity contribution in [1.29, 1.82) is 0 Å². The summed E-state index contributed by atoms with van der Waals surface area (Å²) in [5.74, 6) is -0.360. The molecule has 2 aromatic carbocycles. The van der Waals surface area contributed by atoms with Gasteiger partial charge in [0.05, 0.1) is 16.6 Å². The largest absolute Gasteiger partial charge is 0.450 e. The third kappa shape index (κ3) is 4.73. The zero-order valence-electron chi connectivity index (χ0n) is 20.4. The van der Waals surface area contributed by atoms with Gasteiger partial charge in [0.2, 0.25) is 0 Å². The number of piperidine rings is 1. The number of aryl methyl sites for hydroxylation is 1. The average Bonchev–Trinajstić information content (AvgIpc) is 3.37.